The minimum Gasteiger partial charge on any atom is -0.493 e. The minimum atomic E-state index is -3.49. The molecule has 1 aromatic rings. The van der Waals surface area contributed by atoms with E-state index >= 15 is 0 Å². The molecule has 1 unspecified atom stereocenters. The molecular weight excluding hydrogens is 276 g/mol. The Hall–Kier alpha value is -1.56. The van der Waals surface area contributed by atoms with Crippen molar-refractivity contribution in [2.24, 2.45) is 16.0 Å². The van der Waals surface area contributed by atoms with Gasteiger partial charge in [0.05, 0.1) is 17.9 Å². The molecule has 6 heteroatoms. The highest BCUT2D eigenvalue weighted by Gasteiger charge is 2.25. The van der Waals surface area contributed by atoms with Crippen LogP contribution in [0, 0.1) is 5.92 Å². The van der Waals surface area contributed by atoms with E-state index in [9.17, 15) is 8.42 Å². The van der Waals surface area contributed by atoms with Gasteiger partial charge in [-0.05, 0) is 24.0 Å². The largest absolute Gasteiger partial charge is 0.493 e. The van der Waals surface area contributed by atoms with Crippen molar-refractivity contribution in [3.05, 3.63) is 29.3 Å². The van der Waals surface area contributed by atoms with Gasteiger partial charge in [-0.1, -0.05) is 32.4 Å². The van der Waals surface area contributed by atoms with Gasteiger partial charge in [0.15, 0.2) is 0 Å². The number of fused-ring (bicyclic) bond motifs is 1. The molecule has 0 amide bonds. The maximum atomic E-state index is 11.6. The lowest BCUT2D eigenvalue weighted by atomic mass is 10.1. The summed E-state index contributed by atoms with van der Waals surface area (Å²) in [5.74, 6) is 0.957. The number of hydrogen-bond acceptors (Lipinski definition) is 4. The fourth-order valence-corrected chi connectivity index (χ4v) is 3.43. The zero-order valence-electron chi connectivity index (χ0n) is 11.8. The molecule has 0 aliphatic carbocycles. The van der Waals surface area contributed by atoms with Crippen molar-refractivity contribution in [3.8, 4) is 5.75 Å². The van der Waals surface area contributed by atoms with Crippen molar-refractivity contribution in [3.63, 3.8) is 0 Å². The summed E-state index contributed by atoms with van der Waals surface area (Å²) in [6.45, 7) is 4.85. The maximum absolute atomic E-state index is 11.6. The Morgan fingerprint density at radius 2 is 2.20 bits per heavy atom. The molecule has 0 saturated carbocycles. The van der Waals surface area contributed by atoms with Crippen LogP contribution in [0.25, 0.3) is 0 Å². The Balaban J connectivity index is 2.25. The maximum Gasteiger partial charge on any atom is 0.259 e. The van der Waals surface area contributed by atoms with Gasteiger partial charge >= 0.3 is 0 Å². The number of sulfonamides is 1. The van der Waals surface area contributed by atoms with E-state index < -0.39 is 10.0 Å². The van der Waals surface area contributed by atoms with Crippen LogP contribution in [0.5, 0.6) is 5.75 Å². The smallest absolute Gasteiger partial charge is 0.259 e. The molecular formula is C14H20N2O3S. The molecule has 0 bridgehead atoms. The fourth-order valence-electron chi connectivity index (χ4n) is 2.34. The monoisotopic (exact) mass is 296 g/mol. The highest BCUT2D eigenvalue weighted by Crippen LogP contribution is 2.28. The SMILES string of the molecule is CCCC(C)COc1cccc2c1C(N)=NS(=O)(=O)C2. The number of nitrogens with zero attached hydrogens (tertiary/aromatic N) is 1. The lowest BCUT2D eigenvalue weighted by Gasteiger charge is -2.19. The Kier molecular flexibility index (Phi) is 4.32. The number of nitrogens with two attached hydrogens (primary N) is 1. The molecule has 1 aromatic carbocycles. The number of rotatable bonds is 5. The van der Waals surface area contributed by atoms with Crippen molar-refractivity contribution >= 4 is 15.9 Å². The van der Waals surface area contributed by atoms with E-state index in [1.807, 2.05) is 0 Å². The number of amidine groups is 1. The standard InChI is InChI=1S/C14H20N2O3S/c1-3-5-10(2)8-19-12-7-4-6-11-9-20(17,18)16-14(15)13(11)12/h4,6-7,10H,3,5,8-9H2,1-2H3,(H2,15,16). The summed E-state index contributed by atoms with van der Waals surface area (Å²) in [6.07, 6.45) is 2.20. The molecule has 0 fully saturated rings. The first-order valence-electron chi connectivity index (χ1n) is 6.76. The van der Waals surface area contributed by atoms with Gasteiger partial charge in [0, 0.05) is 0 Å². The van der Waals surface area contributed by atoms with Crippen molar-refractivity contribution < 1.29 is 13.2 Å². The highest BCUT2D eigenvalue weighted by atomic mass is 32.2. The Bertz CT molecular complexity index is 623. The van der Waals surface area contributed by atoms with Gasteiger partial charge in [-0.25, -0.2) is 8.42 Å². The van der Waals surface area contributed by atoms with Crippen LogP contribution in [0.2, 0.25) is 0 Å². The molecule has 1 heterocycles. The fraction of sp³-hybridized carbons (Fsp3) is 0.500. The van der Waals surface area contributed by atoms with Crippen LogP contribution in [0.15, 0.2) is 22.6 Å². The Morgan fingerprint density at radius 3 is 2.90 bits per heavy atom. The van der Waals surface area contributed by atoms with Crippen LogP contribution >= 0.6 is 0 Å². The first kappa shape index (κ1) is 14.8. The van der Waals surface area contributed by atoms with Crippen LogP contribution in [-0.2, 0) is 15.8 Å². The number of ether oxygens (including phenoxy) is 1. The second kappa shape index (κ2) is 5.83. The molecule has 2 N–H and O–H groups in total. The van der Waals surface area contributed by atoms with E-state index in [2.05, 4.69) is 18.2 Å². The first-order chi connectivity index (χ1) is 9.43. The zero-order valence-corrected chi connectivity index (χ0v) is 12.6. The summed E-state index contributed by atoms with van der Waals surface area (Å²) in [5, 5.41) is 0. The molecule has 0 radical (unpaired) electrons. The molecule has 2 rings (SSSR count). The molecule has 0 spiro atoms. The lowest BCUT2D eigenvalue weighted by molar-refractivity contribution is 0.251. The molecule has 1 aliphatic heterocycles. The van der Waals surface area contributed by atoms with Crippen molar-refractivity contribution in [1.82, 2.24) is 0 Å². The van der Waals surface area contributed by atoms with Crippen molar-refractivity contribution in [2.75, 3.05) is 6.61 Å². The van der Waals surface area contributed by atoms with Crippen LogP contribution in [0.1, 0.15) is 37.8 Å². The van der Waals surface area contributed by atoms with E-state index in [0.717, 1.165) is 12.8 Å². The van der Waals surface area contributed by atoms with Crippen molar-refractivity contribution in [1.29, 1.82) is 0 Å². The molecule has 1 atom stereocenters. The number of benzene rings is 1. The third-order valence-electron chi connectivity index (χ3n) is 3.25. The van der Waals surface area contributed by atoms with E-state index in [4.69, 9.17) is 10.5 Å². The summed E-state index contributed by atoms with van der Waals surface area (Å²) in [4.78, 5) is 0. The van der Waals surface area contributed by atoms with E-state index in [0.29, 0.717) is 29.4 Å². The quantitative estimate of drug-likeness (QED) is 0.901. The predicted octanol–water partition coefficient (Wildman–Crippen LogP) is 2.05. The summed E-state index contributed by atoms with van der Waals surface area (Å²) in [6, 6.07) is 5.33. The summed E-state index contributed by atoms with van der Waals surface area (Å²) in [7, 11) is -3.49. The Morgan fingerprint density at radius 1 is 1.45 bits per heavy atom. The van der Waals surface area contributed by atoms with Gasteiger partial charge in [-0.3, -0.25) is 0 Å². The summed E-state index contributed by atoms with van der Waals surface area (Å²) < 4.78 is 32.5. The van der Waals surface area contributed by atoms with Crippen LogP contribution in [0.4, 0.5) is 0 Å². The van der Waals surface area contributed by atoms with Crippen molar-refractivity contribution in [2.45, 2.75) is 32.4 Å². The average Bonchev–Trinajstić information content (AvgIpc) is 2.34. The molecule has 0 saturated heterocycles. The second-order valence-corrected chi connectivity index (χ2v) is 6.83. The lowest BCUT2D eigenvalue weighted by Crippen LogP contribution is -2.25. The summed E-state index contributed by atoms with van der Waals surface area (Å²) in [5.41, 5.74) is 7.05. The van der Waals surface area contributed by atoms with Crippen LogP contribution in [-0.4, -0.2) is 20.9 Å². The van der Waals surface area contributed by atoms with Gasteiger partial charge in [0.1, 0.15) is 11.6 Å². The third kappa shape index (κ3) is 3.30. The Labute approximate surface area is 119 Å². The molecule has 0 aromatic heterocycles. The normalized spacial score (nSPS) is 18.0. The topological polar surface area (TPSA) is 81.8 Å². The highest BCUT2D eigenvalue weighted by molar-refractivity contribution is 7.89. The zero-order chi connectivity index (χ0) is 14.8. The number of hydrogen-bond donors (Lipinski definition) is 1. The molecule has 1 aliphatic rings. The molecule has 110 valence electrons. The van der Waals surface area contributed by atoms with Gasteiger partial charge in [0.2, 0.25) is 0 Å². The minimum absolute atomic E-state index is 0.0185. The van der Waals surface area contributed by atoms with Gasteiger partial charge in [-0.2, -0.15) is 0 Å². The third-order valence-corrected chi connectivity index (χ3v) is 4.40. The average molecular weight is 296 g/mol. The van der Waals surface area contributed by atoms with Gasteiger partial charge < -0.3 is 10.5 Å². The van der Waals surface area contributed by atoms with E-state index in [1.165, 1.54) is 0 Å². The predicted molar refractivity (Wildman–Crippen MR) is 79.4 cm³/mol. The molecule has 20 heavy (non-hydrogen) atoms. The van der Waals surface area contributed by atoms with E-state index in [-0.39, 0.29) is 11.6 Å². The summed E-state index contributed by atoms with van der Waals surface area (Å²) >= 11 is 0. The van der Waals surface area contributed by atoms with Gasteiger partial charge in [-0.15, -0.1) is 4.40 Å². The molecule has 5 nitrogen and oxygen atoms in total. The van der Waals surface area contributed by atoms with Gasteiger partial charge in [0.25, 0.3) is 10.0 Å². The van der Waals surface area contributed by atoms with E-state index in [1.54, 1.807) is 18.2 Å². The van der Waals surface area contributed by atoms with Crippen LogP contribution < -0.4 is 10.5 Å². The van der Waals surface area contributed by atoms with Crippen LogP contribution in [0.3, 0.4) is 0 Å². The second-order valence-electron chi connectivity index (χ2n) is 5.20. The first-order valence-corrected chi connectivity index (χ1v) is 8.37.